The second-order valence-electron chi connectivity index (χ2n) is 7.14. The number of hydrogen-bond acceptors (Lipinski definition) is 3. The first-order valence-corrected chi connectivity index (χ1v) is 9.66. The van der Waals surface area contributed by atoms with Crippen molar-refractivity contribution in [3.05, 3.63) is 92.8 Å². The van der Waals surface area contributed by atoms with Crippen LogP contribution in [0.3, 0.4) is 0 Å². The first kappa shape index (κ1) is 31.6. The van der Waals surface area contributed by atoms with Crippen molar-refractivity contribution in [1.82, 2.24) is 0 Å². The summed E-state index contributed by atoms with van der Waals surface area (Å²) in [6.45, 7) is 8.63. The second-order valence-corrected chi connectivity index (χ2v) is 7.14. The van der Waals surface area contributed by atoms with Gasteiger partial charge in [-0.05, 0) is 35.6 Å². The summed E-state index contributed by atoms with van der Waals surface area (Å²) in [4.78, 5) is 19.8. The molecule has 0 aliphatic heterocycles. The van der Waals surface area contributed by atoms with Gasteiger partial charge in [0.1, 0.15) is 11.6 Å². The van der Waals surface area contributed by atoms with Crippen molar-refractivity contribution in [2.45, 2.75) is 44.9 Å². The third-order valence-corrected chi connectivity index (χ3v) is 5.17. The third-order valence-electron chi connectivity index (χ3n) is 5.17. The minimum atomic E-state index is -1.19. The van der Waals surface area contributed by atoms with Gasteiger partial charge in [-0.3, -0.25) is 0 Å². The summed E-state index contributed by atoms with van der Waals surface area (Å²) < 4.78 is 30.4. The van der Waals surface area contributed by atoms with E-state index in [-0.39, 0.29) is 40.5 Å². The molecule has 0 spiro atoms. The Morgan fingerprint density at radius 1 is 1.19 bits per heavy atom. The number of carbonyl (C=O) groups excluding carboxylic acids is 1. The van der Waals surface area contributed by atoms with Crippen LogP contribution >= 0.6 is 0 Å². The molecule has 0 heterocycles. The molecule has 1 aliphatic carbocycles. The van der Waals surface area contributed by atoms with Gasteiger partial charge in [-0.1, -0.05) is 50.5 Å². The smallest absolute Gasteiger partial charge is 0.637 e. The summed E-state index contributed by atoms with van der Waals surface area (Å²) in [6, 6.07) is 6.65. The molecule has 7 heteroatoms. The first-order chi connectivity index (χ1) is 14.1. The van der Waals surface area contributed by atoms with E-state index in [0.29, 0.717) is 18.9 Å². The average molecular weight is 443 g/mol. The predicted molar refractivity (Wildman–Crippen MR) is 124 cm³/mol. The Hall–Kier alpha value is -2.59. The molecule has 0 aromatic heterocycles. The number of rotatable bonds is 7. The Balaban J connectivity index is 0. The molecule has 1 aromatic rings. The maximum absolute atomic E-state index is 13.3. The molecule has 32 heavy (non-hydrogen) atoms. The number of aliphatic carboxylic acids is 1. The van der Waals surface area contributed by atoms with Gasteiger partial charge in [0.05, 0.1) is 0 Å². The van der Waals surface area contributed by atoms with Crippen molar-refractivity contribution in [3.8, 4) is 0 Å². The minimum Gasteiger partial charge on any atom is -0.637 e. The van der Waals surface area contributed by atoms with E-state index in [4.69, 9.17) is 5.11 Å². The Bertz CT molecular complexity index is 816. The summed E-state index contributed by atoms with van der Waals surface area (Å²) in [5.74, 6) is -2.11. The van der Waals surface area contributed by atoms with Gasteiger partial charge in [-0.15, -0.1) is 0 Å². The summed E-state index contributed by atoms with van der Waals surface area (Å²) >= 11 is 0. The summed E-state index contributed by atoms with van der Waals surface area (Å²) in [7, 11) is 2.77. The van der Waals surface area contributed by atoms with Gasteiger partial charge in [0.25, 0.3) is 5.97 Å². The van der Waals surface area contributed by atoms with Gasteiger partial charge < -0.3 is 24.2 Å². The molecule has 0 bridgehead atoms. The van der Waals surface area contributed by atoms with Gasteiger partial charge in [-0.25, -0.2) is 18.4 Å². The van der Waals surface area contributed by atoms with Crippen LogP contribution in [0.15, 0.2) is 60.0 Å². The molecule has 2 atom stereocenters. The molecule has 2 rings (SSSR count). The molecule has 1 N–H and O–H groups in total. The zero-order valence-electron chi connectivity index (χ0n) is 19.1. The number of ether oxygens (including phenoxy) is 1. The van der Waals surface area contributed by atoms with Gasteiger partial charge in [0.15, 0.2) is 0 Å². The van der Waals surface area contributed by atoms with Crippen LogP contribution < -0.4 is 0 Å². The van der Waals surface area contributed by atoms with E-state index in [1.165, 1.54) is 17.7 Å². The molecule has 2 unspecified atom stereocenters. The fourth-order valence-electron chi connectivity index (χ4n) is 3.35. The monoisotopic (exact) mass is 442 g/mol. The fraction of sp³-hybridized carbons (Fsp3) is 0.320. The predicted octanol–water partition coefficient (Wildman–Crippen LogP) is 5.94. The topological polar surface area (TPSA) is 63.6 Å². The van der Waals surface area contributed by atoms with Crippen LogP contribution in [-0.4, -0.2) is 27.2 Å². The number of benzene rings is 1. The number of carboxylic acid groups (broad SMARTS) is 1. The minimum absolute atomic E-state index is 0. The van der Waals surface area contributed by atoms with Crippen LogP contribution in [0.5, 0.6) is 0 Å². The number of hydrogen-bond donors (Lipinski definition) is 1. The molecular formula is C25H31BeF2O4-. The van der Waals surface area contributed by atoms with E-state index in [9.17, 15) is 18.4 Å². The molecule has 4 nitrogen and oxygen atoms in total. The van der Waals surface area contributed by atoms with E-state index in [2.05, 4.69) is 32.6 Å². The van der Waals surface area contributed by atoms with Crippen LogP contribution in [0.2, 0.25) is 0 Å². The summed E-state index contributed by atoms with van der Waals surface area (Å²) in [6.07, 6.45) is 8.06. The molecule has 172 valence electrons. The van der Waals surface area contributed by atoms with Crippen molar-refractivity contribution in [1.29, 1.82) is 0 Å². The van der Waals surface area contributed by atoms with Crippen molar-refractivity contribution < 1.29 is 28.2 Å². The molecule has 0 saturated carbocycles. The Labute approximate surface area is 194 Å². The SMILES string of the molecule is [Be+2].[CH2-]C(CCC)C(C)(C1=CC=C(F)CC1)c1ccc(F)cc1.[CH2-]OC(=O)/C=C\C(=O)O.[CH3-]. The van der Waals surface area contributed by atoms with E-state index < -0.39 is 11.9 Å². The molecule has 0 fully saturated rings. The fourth-order valence-corrected chi connectivity index (χ4v) is 3.35. The summed E-state index contributed by atoms with van der Waals surface area (Å²) in [5.41, 5.74) is 1.96. The molecular weight excluding hydrogens is 411 g/mol. The maximum atomic E-state index is 13.3. The number of esters is 1. The van der Waals surface area contributed by atoms with E-state index in [1.54, 1.807) is 6.08 Å². The first-order valence-electron chi connectivity index (χ1n) is 9.66. The Morgan fingerprint density at radius 2 is 1.78 bits per heavy atom. The van der Waals surface area contributed by atoms with Gasteiger partial charge >= 0.3 is 16.1 Å². The summed E-state index contributed by atoms with van der Waals surface area (Å²) in [5, 5.41) is 7.94. The molecule has 0 saturated heterocycles. The number of carbonyl (C=O) groups is 2. The largest absolute Gasteiger partial charge is 2.00 e. The molecule has 0 radical (unpaired) electrons. The zero-order chi connectivity index (χ0) is 22.7. The Morgan fingerprint density at radius 3 is 2.22 bits per heavy atom. The van der Waals surface area contributed by atoms with Gasteiger partial charge in [-0.2, -0.15) is 13.0 Å². The van der Waals surface area contributed by atoms with Gasteiger partial charge in [0, 0.05) is 18.6 Å². The third kappa shape index (κ3) is 9.27. The standard InChI is InChI=1S/C19H23F2.C5H5O4.CH3.Be/c1-4-5-14(2)19(3,15-6-10-17(20)11-7-15)16-8-12-18(21)13-9-16;1-9-5(8)3-2-4(6)7;;/h6-8,10-12,14H,2,4-5,9,13H2,1,3H3;2-3H,1H2,(H,6,7);1H3;/q3*-1;+2/b;3-2-;;. The van der Waals surface area contributed by atoms with E-state index >= 15 is 0 Å². The van der Waals surface area contributed by atoms with Crippen molar-refractivity contribution in [3.63, 3.8) is 0 Å². The molecule has 1 aliphatic rings. The number of allylic oxidation sites excluding steroid dienone is 4. The van der Waals surface area contributed by atoms with Crippen LogP contribution in [0.1, 0.15) is 45.1 Å². The quantitative estimate of drug-likeness (QED) is 0.246. The molecule has 0 amide bonds. The molecule has 1 aromatic carbocycles. The van der Waals surface area contributed by atoms with Gasteiger partial charge in [0.2, 0.25) is 0 Å². The average Bonchev–Trinajstić information content (AvgIpc) is 2.73. The van der Waals surface area contributed by atoms with Crippen molar-refractivity contribution in [2.24, 2.45) is 5.92 Å². The van der Waals surface area contributed by atoms with Crippen LogP contribution in [0.4, 0.5) is 8.78 Å². The van der Waals surface area contributed by atoms with E-state index in [1.807, 2.05) is 18.2 Å². The van der Waals surface area contributed by atoms with Crippen molar-refractivity contribution in [2.75, 3.05) is 0 Å². The van der Waals surface area contributed by atoms with Crippen molar-refractivity contribution >= 4 is 22.1 Å². The zero-order valence-corrected chi connectivity index (χ0v) is 19.1. The Kier molecular flexibility index (Phi) is 15.1. The van der Waals surface area contributed by atoms with Crippen LogP contribution in [0, 0.1) is 33.2 Å². The van der Waals surface area contributed by atoms with Crippen LogP contribution in [-0.2, 0) is 19.7 Å². The number of carboxylic acids is 1. The number of halogens is 2. The van der Waals surface area contributed by atoms with E-state index in [0.717, 1.165) is 24.5 Å². The second kappa shape index (κ2) is 15.3. The van der Waals surface area contributed by atoms with Crippen LogP contribution in [0.25, 0.3) is 0 Å². The normalized spacial score (nSPS) is 15.4. The maximum Gasteiger partial charge on any atom is 2.00 e.